The first kappa shape index (κ1) is 13.5. The fourth-order valence-corrected chi connectivity index (χ4v) is 1.00. The first-order chi connectivity index (χ1) is 6.60. The molecule has 84 valence electrons. The molecule has 0 saturated heterocycles. The number of ether oxygens (including phenoxy) is 1. The summed E-state index contributed by atoms with van der Waals surface area (Å²) in [5, 5.41) is 8.96. The standard InChI is InChI=1S/C7H15NO5S/c1-7(4-9,5-13-14-11)6(10)12-3-2-8/h9,14H,2-5,8H2,1H3. The number of carbonyl (C=O) groups is 1. The highest BCUT2D eigenvalue weighted by Crippen LogP contribution is 2.17. The van der Waals surface area contributed by atoms with Crippen molar-refractivity contribution in [2.24, 2.45) is 11.1 Å². The van der Waals surface area contributed by atoms with Crippen LogP contribution in [0.15, 0.2) is 0 Å². The Hall–Kier alpha value is -0.500. The summed E-state index contributed by atoms with van der Waals surface area (Å²) in [6.07, 6.45) is 0. The van der Waals surface area contributed by atoms with Crippen molar-refractivity contribution in [1.29, 1.82) is 0 Å². The monoisotopic (exact) mass is 225 g/mol. The third kappa shape index (κ3) is 4.14. The van der Waals surface area contributed by atoms with Crippen LogP contribution in [0.25, 0.3) is 0 Å². The van der Waals surface area contributed by atoms with Crippen molar-refractivity contribution in [3.63, 3.8) is 0 Å². The predicted molar refractivity (Wildman–Crippen MR) is 50.7 cm³/mol. The number of rotatable bonds is 7. The quantitative estimate of drug-likeness (QED) is 0.355. The number of hydrogen-bond acceptors (Lipinski definition) is 6. The number of carbonyl (C=O) groups excluding carboxylic acids is 1. The molecule has 0 aliphatic heterocycles. The van der Waals surface area contributed by atoms with E-state index in [9.17, 15) is 9.00 Å². The maximum atomic E-state index is 11.3. The van der Waals surface area contributed by atoms with Gasteiger partial charge in [0.15, 0.2) is 0 Å². The van der Waals surface area contributed by atoms with Gasteiger partial charge in [0.1, 0.15) is 24.0 Å². The van der Waals surface area contributed by atoms with E-state index in [1.165, 1.54) is 6.92 Å². The first-order valence-electron chi connectivity index (χ1n) is 4.03. The van der Waals surface area contributed by atoms with E-state index in [0.29, 0.717) is 0 Å². The molecule has 0 amide bonds. The zero-order chi connectivity index (χ0) is 11.0. The van der Waals surface area contributed by atoms with E-state index in [-0.39, 0.29) is 19.8 Å². The first-order valence-corrected chi connectivity index (χ1v) is 4.76. The Kier molecular flexibility index (Phi) is 6.64. The Bertz CT molecular complexity index is 201. The number of esters is 1. The van der Waals surface area contributed by atoms with Gasteiger partial charge in [-0.25, -0.2) is 4.21 Å². The third-order valence-electron chi connectivity index (χ3n) is 1.63. The van der Waals surface area contributed by atoms with Gasteiger partial charge in [0, 0.05) is 6.54 Å². The van der Waals surface area contributed by atoms with Crippen LogP contribution >= 0.6 is 0 Å². The van der Waals surface area contributed by atoms with Gasteiger partial charge in [-0.2, -0.15) is 0 Å². The van der Waals surface area contributed by atoms with Gasteiger partial charge < -0.3 is 15.6 Å². The Morgan fingerprint density at radius 2 is 2.29 bits per heavy atom. The van der Waals surface area contributed by atoms with Gasteiger partial charge in [0.2, 0.25) is 0 Å². The largest absolute Gasteiger partial charge is 0.464 e. The molecule has 0 bridgehead atoms. The summed E-state index contributed by atoms with van der Waals surface area (Å²) < 4.78 is 19.3. The van der Waals surface area contributed by atoms with Crippen LogP contribution in [-0.4, -0.2) is 41.7 Å². The van der Waals surface area contributed by atoms with Crippen LogP contribution in [0.4, 0.5) is 0 Å². The second kappa shape index (κ2) is 6.88. The molecule has 0 saturated carbocycles. The van der Waals surface area contributed by atoms with Crippen LogP contribution in [0.5, 0.6) is 0 Å². The zero-order valence-electron chi connectivity index (χ0n) is 7.93. The fraction of sp³-hybridized carbons (Fsp3) is 0.857. The molecule has 6 nitrogen and oxygen atoms in total. The molecule has 0 fully saturated rings. The fourth-order valence-electron chi connectivity index (χ4n) is 0.664. The summed E-state index contributed by atoms with van der Waals surface area (Å²) in [5.41, 5.74) is 3.95. The summed E-state index contributed by atoms with van der Waals surface area (Å²) in [5.74, 6) is -0.617. The van der Waals surface area contributed by atoms with Crippen LogP contribution in [0.3, 0.4) is 0 Å². The van der Waals surface area contributed by atoms with Gasteiger partial charge in [-0.1, -0.05) is 0 Å². The average molecular weight is 225 g/mol. The Labute approximate surface area is 86.1 Å². The Morgan fingerprint density at radius 3 is 2.71 bits per heavy atom. The minimum absolute atomic E-state index is 0.0868. The topological polar surface area (TPSA) is 98.8 Å². The van der Waals surface area contributed by atoms with Crippen molar-refractivity contribution in [1.82, 2.24) is 0 Å². The normalized spacial score (nSPS) is 14.8. The summed E-state index contributed by atoms with van der Waals surface area (Å²) in [6, 6.07) is 0. The molecular formula is C7H15NO5S. The van der Waals surface area contributed by atoms with Crippen LogP contribution in [0.1, 0.15) is 6.92 Å². The number of hydrogen-bond donors (Lipinski definition) is 3. The van der Waals surface area contributed by atoms with Crippen molar-refractivity contribution in [2.75, 3.05) is 26.4 Å². The van der Waals surface area contributed by atoms with Crippen LogP contribution in [0, 0.1) is 5.41 Å². The molecule has 0 aliphatic carbocycles. The van der Waals surface area contributed by atoms with Crippen LogP contribution < -0.4 is 5.73 Å². The molecular weight excluding hydrogens is 210 g/mol. The lowest BCUT2D eigenvalue weighted by Gasteiger charge is -2.22. The number of nitrogens with two attached hydrogens (primary N) is 1. The van der Waals surface area contributed by atoms with Crippen molar-refractivity contribution < 1.29 is 23.0 Å². The maximum Gasteiger partial charge on any atom is 0.316 e. The summed E-state index contributed by atoms with van der Waals surface area (Å²) in [6.45, 7) is 1.15. The van der Waals surface area contributed by atoms with Gasteiger partial charge in [-0.05, 0) is 6.92 Å². The lowest BCUT2D eigenvalue weighted by molar-refractivity contribution is -0.158. The molecule has 0 aromatic rings. The van der Waals surface area contributed by atoms with E-state index in [2.05, 4.69) is 4.18 Å². The van der Waals surface area contributed by atoms with Gasteiger partial charge in [0.25, 0.3) is 0 Å². The van der Waals surface area contributed by atoms with Gasteiger partial charge >= 0.3 is 5.97 Å². The molecule has 1 atom stereocenters. The minimum atomic E-state index is -1.19. The van der Waals surface area contributed by atoms with Gasteiger partial charge in [0.05, 0.1) is 13.2 Å². The molecule has 3 N–H and O–H groups in total. The molecule has 7 heteroatoms. The highest BCUT2D eigenvalue weighted by molar-refractivity contribution is 7.60. The molecule has 0 rings (SSSR count). The second-order valence-electron chi connectivity index (χ2n) is 2.99. The van der Waals surface area contributed by atoms with E-state index in [4.69, 9.17) is 15.6 Å². The van der Waals surface area contributed by atoms with Crippen LogP contribution in [0.2, 0.25) is 0 Å². The maximum absolute atomic E-state index is 11.3. The van der Waals surface area contributed by atoms with E-state index in [0.717, 1.165) is 0 Å². The zero-order valence-corrected chi connectivity index (χ0v) is 8.83. The summed E-state index contributed by atoms with van der Waals surface area (Å²) in [4.78, 5) is 11.3. The van der Waals surface area contributed by atoms with Crippen molar-refractivity contribution in [3.05, 3.63) is 0 Å². The Morgan fingerprint density at radius 1 is 1.64 bits per heavy atom. The van der Waals surface area contributed by atoms with Crippen LogP contribution in [-0.2, 0) is 25.7 Å². The number of aliphatic hydroxyl groups is 1. The highest BCUT2D eigenvalue weighted by Gasteiger charge is 2.34. The second-order valence-corrected chi connectivity index (χ2v) is 3.40. The molecule has 0 aromatic carbocycles. The van der Waals surface area contributed by atoms with Gasteiger partial charge in [-0.3, -0.25) is 8.98 Å². The molecule has 14 heavy (non-hydrogen) atoms. The molecule has 0 aromatic heterocycles. The Balaban J connectivity index is 4.19. The number of aliphatic hydroxyl groups excluding tert-OH is 1. The lowest BCUT2D eigenvalue weighted by Crippen LogP contribution is -2.38. The molecule has 0 aliphatic rings. The highest BCUT2D eigenvalue weighted by atomic mass is 32.2. The van der Waals surface area contributed by atoms with E-state index < -0.39 is 29.9 Å². The van der Waals surface area contributed by atoms with Gasteiger partial charge in [-0.15, -0.1) is 0 Å². The molecule has 0 heterocycles. The van der Waals surface area contributed by atoms with E-state index in [1.54, 1.807) is 0 Å². The molecule has 0 spiro atoms. The third-order valence-corrected chi connectivity index (χ3v) is 1.86. The van der Waals surface area contributed by atoms with Crippen molar-refractivity contribution in [3.8, 4) is 0 Å². The molecule has 1 unspecified atom stereocenters. The average Bonchev–Trinajstić information content (AvgIpc) is 2.22. The van der Waals surface area contributed by atoms with Crippen molar-refractivity contribution in [2.45, 2.75) is 6.92 Å². The SMILES string of the molecule is CC(CO)(CO[SH]=O)C(=O)OCCN. The smallest absolute Gasteiger partial charge is 0.316 e. The predicted octanol–water partition coefficient (Wildman–Crippen LogP) is -1.64. The van der Waals surface area contributed by atoms with E-state index >= 15 is 0 Å². The summed E-state index contributed by atoms with van der Waals surface area (Å²) >= 11 is -0.536. The minimum Gasteiger partial charge on any atom is -0.464 e. The van der Waals surface area contributed by atoms with Crippen molar-refractivity contribution >= 4 is 17.9 Å². The molecule has 0 radical (unpaired) electrons. The van der Waals surface area contributed by atoms with E-state index in [1.807, 2.05) is 0 Å². The number of thiol groups is 1. The lowest BCUT2D eigenvalue weighted by atomic mass is 9.93. The summed E-state index contributed by atoms with van der Waals surface area (Å²) in [7, 11) is 0.